The number of amides is 3. The molecule has 0 aliphatic rings. The van der Waals surface area contributed by atoms with Crippen molar-refractivity contribution in [2.75, 3.05) is 6.54 Å². The van der Waals surface area contributed by atoms with Crippen LogP contribution in [0.5, 0.6) is 0 Å². The Labute approximate surface area is 225 Å². The molecule has 10 N–H and O–H groups in total. The predicted molar refractivity (Wildman–Crippen MR) is 138 cm³/mol. The average Bonchev–Trinajstić information content (AvgIpc) is 2.88. The van der Waals surface area contributed by atoms with Crippen LogP contribution in [0, 0.1) is 0 Å². The molecule has 4 unspecified atom stereocenters. The summed E-state index contributed by atoms with van der Waals surface area (Å²) in [5.74, 6) is -6.19. The Morgan fingerprint density at radius 1 is 0.692 bits per heavy atom. The number of hydrogen-bond acceptors (Lipinski definition) is 8. The van der Waals surface area contributed by atoms with Crippen LogP contribution in [0.15, 0.2) is 30.3 Å². The molecule has 216 valence electrons. The highest BCUT2D eigenvalue weighted by Crippen LogP contribution is 2.08. The number of rotatable bonds is 19. The molecule has 1 aromatic carbocycles. The quantitative estimate of drug-likeness (QED) is 0.0963. The molecule has 0 spiro atoms. The predicted octanol–water partition coefficient (Wildman–Crippen LogP) is -1.05. The van der Waals surface area contributed by atoms with E-state index in [0.29, 0.717) is 24.9 Å². The van der Waals surface area contributed by atoms with Gasteiger partial charge in [0.25, 0.3) is 0 Å². The summed E-state index contributed by atoms with van der Waals surface area (Å²) in [5.41, 5.74) is 11.9. The van der Waals surface area contributed by atoms with Gasteiger partial charge in [-0.2, -0.15) is 0 Å². The number of carboxylic acids is 3. The normalized spacial score (nSPS) is 13.8. The third kappa shape index (κ3) is 13.4. The van der Waals surface area contributed by atoms with Crippen LogP contribution in [0.25, 0.3) is 0 Å². The largest absolute Gasteiger partial charge is 0.481 e. The van der Waals surface area contributed by atoms with E-state index >= 15 is 0 Å². The second kappa shape index (κ2) is 17.5. The second-order valence-electron chi connectivity index (χ2n) is 8.97. The lowest BCUT2D eigenvalue weighted by atomic mass is 10.0. The highest BCUT2D eigenvalue weighted by atomic mass is 16.4. The SMILES string of the molecule is NCCCCC(NC(=O)C(CCC(=O)O)NC(=O)C(N)CCC(=O)O)C(=O)NC(Cc1ccccc1)C(=O)O. The number of unbranched alkanes of at least 4 members (excludes halogenated alkanes) is 1. The van der Waals surface area contributed by atoms with Crippen LogP contribution in [0.2, 0.25) is 0 Å². The van der Waals surface area contributed by atoms with E-state index in [0.717, 1.165) is 0 Å². The highest BCUT2D eigenvalue weighted by molar-refractivity contribution is 5.94. The Kier molecular flexibility index (Phi) is 14.8. The van der Waals surface area contributed by atoms with E-state index in [1.807, 2.05) is 0 Å². The Balaban J connectivity index is 3.02. The second-order valence-corrected chi connectivity index (χ2v) is 8.97. The van der Waals surface area contributed by atoms with E-state index in [9.17, 15) is 33.9 Å². The van der Waals surface area contributed by atoms with Crippen LogP contribution in [-0.2, 0) is 35.2 Å². The third-order valence-electron chi connectivity index (χ3n) is 5.76. The van der Waals surface area contributed by atoms with Gasteiger partial charge in [-0.25, -0.2) is 4.79 Å². The molecule has 0 fully saturated rings. The van der Waals surface area contributed by atoms with Crippen LogP contribution in [0.4, 0.5) is 0 Å². The maximum Gasteiger partial charge on any atom is 0.326 e. The molecule has 39 heavy (non-hydrogen) atoms. The first-order valence-electron chi connectivity index (χ1n) is 12.5. The minimum absolute atomic E-state index is 0.00307. The van der Waals surface area contributed by atoms with E-state index in [2.05, 4.69) is 16.0 Å². The number of carboxylic acid groups (broad SMARTS) is 3. The Morgan fingerprint density at radius 3 is 1.74 bits per heavy atom. The zero-order valence-corrected chi connectivity index (χ0v) is 21.5. The van der Waals surface area contributed by atoms with E-state index in [4.69, 9.17) is 21.7 Å². The van der Waals surface area contributed by atoms with Gasteiger partial charge in [-0.3, -0.25) is 24.0 Å². The summed E-state index contributed by atoms with van der Waals surface area (Å²) in [6.45, 7) is 0.319. The van der Waals surface area contributed by atoms with Crippen molar-refractivity contribution in [1.82, 2.24) is 16.0 Å². The number of carbonyl (C=O) groups is 6. The maximum atomic E-state index is 13.1. The Bertz CT molecular complexity index is 989. The number of hydrogen-bond donors (Lipinski definition) is 8. The van der Waals surface area contributed by atoms with Crippen LogP contribution in [0.3, 0.4) is 0 Å². The number of aliphatic carboxylic acids is 3. The van der Waals surface area contributed by atoms with Crippen LogP contribution < -0.4 is 27.4 Å². The number of nitrogens with one attached hydrogen (secondary N) is 3. The minimum Gasteiger partial charge on any atom is -0.481 e. The molecule has 14 heteroatoms. The molecule has 1 aromatic rings. The van der Waals surface area contributed by atoms with Crippen molar-refractivity contribution in [2.45, 2.75) is 75.5 Å². The van der Waals surface area contributed by atoms with Gasteiger partial charge in [-0.05, 0) is 44.2 Å². The smallest absolute Gasteiger partial charge is 0.326 e. The Hall–Kier alpha value is -4.04. The lowest BCUT2D eigenvalue weighted by Crippen LogP contribution is -2.57. The molecule has 0 radical (unpaired) electrons. The topological polar surface area (TPSA) is 251 Å². The fourth-order valence-electron chi connectivity index (χ4n) is 3.58. The number of benzene rings is 1. The van der Waals surface area contributed by atoms with E-state index in [1.54, 1.807) is 30.3 Å². The van der Waals surface area contributed by atoms with Gasteiger partial charge < -0.3 is 42.7 Å². The molecule has 0 aliphatic carbocycles. The zero-order valence-electron chi connectivity index (χ0n) is 21.5. The summed E-state index contributed by atoms with van der Waals surface area (Å²) >= 11 is 0. The number of nitrogens with two attached hydrogens (primary N) is 2. The molecule has 3 amide bonds. The fraction of sp³-hybridized carbons (Fsp3) is 0.520. The third-order valence-corrected chi connectivity index (χ3v) is 5.76. The first-order chi connectivity index (χ1) is 18.4. The molecule has 0 saturated carbocycles. The molecule has 0 bridgehead atoms. The van der Waals surface area contributed by atoms with Crippen molar-refractivity contribution < 1.29 is 44.1 Å². The van der Waals surface area contributed by atoms with Crippen LogP contribution in [-0.4, -0.2) is 81.7 Å². The van der Waals surface area contributed by atoms with Gasteiger partial charge in [0.05, 0.1) is 6.04 Å². The van der Waals surface area contributed by atoms with Crippen molar-refractivity contribution in [3.05, 3.63) is 35.9 Å². The molecule has 4 atom stereocenters. The van der Waals surface area contributed by atoms with Crippen molar-refractivity contribution in [1.29, 1.82) is 0 Å². The molecule has 0 aliphatic heterocycles. The molecule has 0 heterocycles. The minimum atomic E-state index is -1.39. The van der Waals surface area contributed by atoms with E-state index < -0.39 is 72.6 Å². The summed E-state index contributed by atoms with van der Waals surface area (Å²) < 4.78 is 0. The summed E-state index contributed by atoms with van der Waals surface area (Å²) in [5, 5.41) is 34.7. The average molecular weight is 552 g/mol. The molecule has 14 nitrogen and oxygen atoms in total. The standard InChI is InChI=1S/C25H37N5O9/c26-13-5-4-8-17(23(36)30-19(25(38)39)14-15-6-2-1-3-7-15)29-24(37)18(10-12-21(33)34)28-22(35)16(27)9-11-20(31)32/h1-3,6-7,16-19H,4-5,8-14,26-27H2,(H,28,35)(H,29,37)(H,30,36)(H,31,32)(H,33,34)(H,38,39). The lowest BCUT2D eigenvalue weighted by molar-refractivity contribution is -0.142. The van der Waals surface area contributed by atoms with Crippen molar-refractivity contribution in [2.24, 2.45) is 11.5 Å². The van der Waals surface area contributed by atoms with Crippen LogP contribution in [0.1, 0.15) is 50.5 Å². The summed E-state index contributed by atoms with van der Waals surface area (Å²) in [6.07, 6.45) is -0.400. The fourth-order valence-corrected chi connectivity index (χ4v) is 3.58. The van der Waals surface area contributed by atoms with E-state index in [-0.39, 0.29) is 25.7 Å². The first kappa shape index (κ1) is 33.0. The molecule has 0 aromatic heterocycles. The summed E-state index contributed by atoms with van der Waals surface area (Å²) in [7, 11) is 0. The van der Waals surface area contributed by atoms with Gasteiger partial charge >= 0.3 is 17.9 Å². The van der Waals surface area contributed by atoms with E-state index in [1.165, 1.54) is 0 Å². The lowest BCUT2D eigenvalue weighted by Gasteiger charge is -2.25. The Morgan fingerprint density at radius 2 is 1.21 bits per heavy atom. The first-order valence-corrected chi connectivity index (χ1v) is 12.5. The van der Waals surface area contributed by atoms with Crippen molar-refractivity contribution in [3.8, 4) is 0 Å². The summed E-state index contributed by atoms with van der Waals surface area (Å²) in [6, 6.07) is 3.48. The summed E-state index contributed by atoms with van der Waals surface area (Å²) in [4.78, 5) is 72.2. The molecule has 0 saturated heterocycles. The number of carbonyl (C=O) groups excluding carboxylic acids is 3. The highest BCUT2D eigenvalue weighted by Gasteiger charge is 2.30. The molecular weight excluding hydrogens is 514 g/mol. The van der Waals surface area contributed by atoms with Crippen LogP contribution >= 0.6 is 0 Å². The van der Waals surface area contributed by atoms with Gasteiger partial charge in [-0.1, -0.05) is 30.3 Å². The van der Waals surface area contributed by atoms with Gasteiger partial charge in [0.1, 0.15) is 18.1 Å². The van der Waals surface area contributed by atoms with Gasteiger partial charge in [0.15, 0.2) is 0 Å². The van der Waals surface area contributed by atoms with Crippen molar-refractivity contribution in [3.63, 3.8) is 0 Å². The van der Waals surface area contributed by atoms with Crippen molar-refractivity contribution >= 4 is 35.6 Å². The molecule has 1 rings (SSSR count). The van der Waals surface area contributed by atoms with Gasteiger partial charge in [-0.15, -0.1) is 0 Å². The van der Waals surface area contributed by atoms with Gasteiger partial charge in [0, 0.05) is 19.3 Å². The monoisotopic (exact) mass is 551 g/mol. The molecular formula is C25H37N5O9. The maximum absolute atomic E-state index is 13.1. The zero-order chi connectivity index (χ0) is 29.4. The van der Waals surface area contributed by atoms with Gasteiger partial charge in [0.2, 0.25) is 17.7 Å².